The Morgan fingerprint density at radius 3 is 1.79 bits per heavy atom. The Hall–Kier alpha value is -0.300. The third-order valence-corrected chi connectivity index (χ3v) is 5.22. The van der Waals surface area contributed by atoms with Crippen molar-refractivity contribution in [1.82, 2.24) is 0 Å². The molecule has 0 aromatic carbocycles. The Kier molecular flexibility index (Phi) is 17.4. The quantitative estimate of drug-likeness (QED) is 0.172. The van der Waals surface area contributed by atoms with Gasteiger partial charge in [0.15, 0.2) is 0 Å². The van der Waals surface area contributed by atoms with Crippen LogP contribution in [0, 0.1) is 0 Å². The highest BCUT2D eigenvalue weighted by Gasteiger charge is 2.25. The van der Waals surface area contributed by atoms with Crippen molar-refractivity contribution < 1.29 is 33.1 Å². The first-order valence-corrected chi connectivity index (χ1v) is 11.7. The van der Waals surface area contributed by atoms with E-state index in [2.05, 4.69) is 0 Å². The first-order valence-electron chi connectivity index (χ1n) is 10.5. The number of carboxylic acid groups (broad SMARTS) is 1. The van der Waals surface area contributed by atoms with E-state index in [4.69, 9.17) is 18.9 Å². The number of carboxylic acids is 1. The maximum atomic E-state index is 11.0. The molecule has 0 aromatic rings. The van der Waals surface area contributed by atoms with E-state index in [9.17, 15) is 9.69 Å². The molecular formula is C20H43NO6P+. The van der Waals surface area contributed by atoms with E-state index in [0.717, 1.165) is 19.4 Å². The summed E-state index contributed by atoms with van der Waals surface area (Å²) in [5.74, 6) is -0.933. The van der Waals surface area contributed by atoms with Crippen LogP contribution in [0.1, 0.15) is 70.6 Å². The Balaban J connectivity index is 3.61. The second-order valence-electron chi connectivity index (χ2n) is 8.40. The van der Waals surface area contributed by atoms with Crippen LogP contribution in [0.25, 0.3) is 0 Å². The number of carbonyl (C=O) groups is 1. The number of unbranched alkanes of at least 4 members (excludes halogenated alkanes) is 9. The summed E-state index contributed by atoms with van der Waals surface area (Å²) in [6.45, 7) is 1.83. The minimum atomic E-state index is -2.03. The molecule has 168 valence electrons. The van der Waals surface area contributed by atoms with E-state index in [1.165, 1.54) is 51.4 Å². The number of ether oxygens (including phenoxy) is 1. The summed E-state index contributed by atoms with van der Waals surface area (Å²) >= 11 is 0. The van der Waals surface area contributed by atoms with Gasteiger partial charge in [-0.25, -0.2) is 0 Å². The van der Waals surface area contributed by atoms with Crippen LogP contribution < -0.4 is 0 Å². The van der Waals surface area contributed by atoms with Gasteiger partial charge < -0.3 is 28.3 Å². The molecule has 7 nitrogen and oxygen atoms in total. The lowest BCUT2D eigenvalue weighted by Gasteiger charge is -2.29. The number of quaternary nitrogens is 1. The van der Waals surface area contributed by atoms with Gasteiger partial charge in [0.25, 0.3) is 0 Å². The zero-order valence-corrected chi connectivity index (χ0v) is 19.3. The Labute approximate surface area is 172 Å². The van der Waals surface area contributed by atoms with Crippen LogP contribution in [-0.2, 0) is 18.6 Å². The molecule has 0 radical (unpaired) electrons. The predicted molar refractivity (Wildman–Crippen MR) is 113 cm³/mol. The fourth-order valence-corrected chi connectivity index (χ4v) is 3.75. The van der Waals surface area contributed by atoms with Gasteiger partial charge in [-0.3, -0.25) is 4.79 Å². The van der Waals surface area contributed by atoms with Crippen LogP contribution in [0.4, 0.5) is 0 Å². The molecule has 2 N–H and O–H groups in total. The van der Waals surface area contributed by atoms with Crippen molar-refractivity contribution in [1.29, 1.82) is 0 Å². The average molecular weight is 425 g/mol. The third kappa shape index (κ3) is 20.4. The second-order valence-corrected chi connectivity index (χ2v) is 9.34. The van der Waals surface area contributed by atoms with Gasteiger partial charge in [-0.1, -0.05) is 51.4 Å². The van der Waals surface area contributed by atoms with Crippen molar-refractivity contribution in [3.05, 3.63) is 0 Å². The van der Waals surface area contributed by atoms with Gasteiger partial charge in [0.05, 0.1) is 34.2 Å². The fourth-order valence-electron chi connectivity index (χ4n) is 3.00. The molecule has 0 bridgehead atoms. The second kappa shape index (κ2) is 17.5. The van der Waals surface area contributed by atoms with Gasteiger partial charge in [-0.2, -0.15) is 0 Å². The average Bonchev–Trinajstić information content (AvgIpc) is 2.56. The number of rotatable bonds is 20. The fraction of sp³-hybridized carbons (Fsp3) is 0.950. The standard InChI is InChI=1S/C20H42NO6P/c1-21(2,3)18-19(17-20(22)23)27-28(24)26-16-14-12-10-8-6-5-7-9-11-13-15-25-4/h19,24H,5-18H2,1-4H3/p+1/t19-,28?/m1/s1. The molecule has 2 atom stereocenters. The van der Waals surface area contributed by atoms with Crippen molar-refractivity contribution in [2.75, 3.05) is 48.0 Å². The molecule has 0 heterocycles. The number of hydrogen-bond acceptors (Lipinski definition) is 5. The number of likely N-dealkylation sites (N-methyl/N-ethyl adjacent to an activating group) is 1. The smallest absolute Gasteiger partial charge is 0.330 e. The highest BCUT2D eigenvalue weighted by molar-refractivity contribution is 7.40. The normalized spacial score (nSPS) is 14.2. The van der Waals surface area contributed by atoms with Crippen LogP contribution in [0.2, 0.25) is 0 Å². The molecule has 0 aliphatic rings. The molecule has 0 fully saturated rings. The number of hydrogen-bond donors (Lipinski definition) is 2. The van der Waals surface area contributed by atoms with Crippen molar-refractivity contribution in [3.8, 4) is 0 Å². The molecule has 0 saturated carbocycles. The molecule has 0 amide bonds. The molecule has 8 heteroatoms. The summed E-state index contributed by atoms with van der Waals surface area (Å²) in [6, 6.07) is 0. The summed E-state index contributed by atoms with van der Waals surface area (Å²) < 4.78 is 16.4. The van der Waals surface area contributed by atoms with E-state index in [1.54, 1.807) is 7.11 Å². The Morgan fingerprint density at radius 1 is 0.893 bits per heavy atom. The van der Waals surface area contributed by atoms with Crippen LogP contribution in [0.5, 0.6) is 0 Å². The lowest BCUT2D eigenvalue weighted by atomic mass is 10.1. The first kappa shape index (κ1) is 27.7. The SMILES string of the molecule is COCCCCCCCCCCCCOP(O)O[C@H](CC(=O)O)C[N+](C)(C)C. The third-order valence-electron chi connectivity index (χ3n) is 4.34. The maximum Gasteiger partial charge on any atom is 0.330 e. The monoisotopic (exact) mass is 424 g/mol. The summed E-state index contributed by atoms with van der Waals surface area (Å²) in [4.78, 5) is 20.9. The molecule has 0 aliphatic heterocycles. The van der Waals surface area contributed by atoms with Gasteiger partial charge >= 0.3 is 14.6 Å². The van der Waals surface area contributed by atoms with Crippen molar-refractivity contribution >= 4 is 14.6 Å². The van der Waals surface area contributed by atoms with E-state index in [-0.39, 0.29) is 6.42 Å². The first-order chi connectivity index (χ1) is 13.2. The molecule has 0 aromatic heterocycles. The summed E-state index contributed by atoms with van der Waals surface area (Å²) in [6.07, 6.45) is 11.3. The summed E-state index contributed by atoms with van der Waals surface area (Å²) in [5, 5.41) is 8.99. The molecule has 28 heavy (non-hydrogen) atoms. The Bertz CT molecular complexity index is 378. The van der Waals surface area contributed by atoms with Crippen LogP contribution in [0.15, 0.2) is 0 Å². The van der Waals surface area contributed by atoms with Crippen LogP contribution >= 0.6 is 8.60 Å². The van der Waals surface area contributed by atoms with Gasteiger partial charge in [-0.05, 0) is 12.8 Å². The predicted octanol–water partition coefficient (Wildman–Crippen LogP) is 4.34. The van der Waals surface area contributed by atoms with Crippen LogP contribution in [0.3, 0.4) is 0 Å². The zero-order valence-electron chi connectivity index (χ0n) is 18.4. The zero-order chi connectivity index (χ0) is 21.3. The van der Waals surface area contributed by atoms with E-state index >= 15 is 0 Å². The lowest BCUT2D eigenvalue weighted by Crippen LogP contribution is -2.42. The van der Waals surface area contributed by atoms with E-state index in [0.29, 0.717) is 17.6 Å². The van der Waals surface area contributed by atoms with Gasteiger partial charge in [0.1, 0.15) is 12.6 Å². The topological polar surface area (TPSA) is 85.2 Å². The highest BCUT2D eigenvalue weighted by Crippen LogP contribution is 2.36. The molecule has 0 saturated heterocycles. The van der Waals surface area contributed by atoms with E-state index < -0.39 is 20.7 Å². The summed E-state index contributed by atoms with van der Waals surface area (Å²) in [5.41, 5.74) is 0. The molecule has 0 spiro atoms. The number of nitrogens with zero attached hydrogens (tertiary/aromatic N) is 1. The largest absolute Gasteiger partial charge is 0.481 e. The molecule has 0 aliphatic carbocycles. The molecule has 0 rings (SSSR count). The molecule has 1 unspecified atom stereocenters. The minimum absolute atomic E-state index is 0.134. The minimum Gasteiger partial charge on any atom is -0.481 e. The van der Waals surface area contributed by atoms with Crippen LogP contribution in [-0.4, -0.2) is 74.6 Å². The number of methoxy groups -OCH3 is 1. The number of aliphatic carboxylic acids is 1. The highest BCUT2D eigenvalue weighted by atomic mass is 31.2. The van der Waals surface area contributed by atoms with Crippen molar-refractivity contribution in [3.63, 3.8) is 0 Å². The summed E-state index contributed by atoms with van der Waals surface area (Å²) in [7, 11) is 5.60. The van der Waals surface area contributed by atoms with Gasteiger partial charge in [0, 0.05) is 13.7 Å². The lowest BCUT2D eigenvalue weighted by molar-refractivity contribution is -0.873. The van der Waals surface area contributed by atoms with Crippen molar-refractivity contribution in [2.24, 2.45) is 0 Å². The molecular weight excluding hydrogens is 381 g/mol. The van der Waals surface area contributed by atoms with E-state index in [1.807, 2.05) is 21.1 Å². The van der Waals surface area contributed by atoms with Gasteiger partial charge in [-0.15, -0.1) is 0 Å². The van der Waals surface area contributed by atoms with Crippen molar-refractivity contribution in [2.45, 2.75) is 76.7 Å². The van der Waals surface area contributed by atoms with Gasteiger partial charge in [0.2, 0.25) is 0 Å². The maximum absolute atomic E-state index is 11.0. The Morgan fingerprint density at radius 2 is 1.36 bits per heavy atom.